The number of nitrogens with two attached hydrogens (primary N) is 1. The summed E-state index contributed by atoms with van der Waals surface area (Å²) in [6.45, 7) is -0.741. The maximum Gasteiger partial charge on any atom is 0.338 e. The van der Waals surface area contributed by atoms with Gasteiger partial charge >= 0.3 is 23.9 Å². The van der Waals surface area contributed by atoms with Gasteiger partial charge in [0.1, 0.15) is 12.7 Å². The Kier molecular flexibility index (Phi) is 10.6. The average molecular weight is 665 g/mol. The summed E-state index contributed by atoms with van der Waals surface area (Å²) in [5, 5.41) is 3.51. The van der Waals surface area contributed by atoms with E-state index < -0.39 is 66.5 Å². The summed E-state index contributed by atoms with van der Waals surface area (Å²) < 4.78 is 28.8. The van der Waals surface area contributed by atoms with E-state index in [1.807, 2.05) is 0 Å². The van der Waals surface area contributed by atoms with E-state index in [4.69, 9.17) is 29.4 Å². The first-order chi connectivity index (χ1) is 23.7. The van der Waals surface area contributed by atoms with E-state index in [0.29, 0.717) is 0 Å². The Labute approximate surface area is 278 Å². The third-order valence-corrected chi connectivity index (χ3v) is 7.39. The van der Waals surface area contributed by atoms with Crippen molar-refractivity contribution >= 4 is 29.8 Å². The number of hydrogen-bond donors (Lipinski definition) is 1. The molecule has 0 aliphatic carbocycles. The second kappa shape index (κ2) is 15.4. The first kappa shape index (κ1) is 33.9. The minimum atomic E-state index is -2.90. The van der Waals surface area contributed by atoms with Crippen molar-refractivity contribution in [2.45, 2.75) is 30.1 Å². The van der Waals surface area contributed by atoms with Crippen molar-refractivity contribution in [2.24, 2.45) is 10.8 Å². The van der Waals surface area contributed by atoms with Crippen LogP contribution in [-0.4, -0.2) is 66.5 Å². The third kappa shape index (κ3) is 7.73. The van der Waals surface area contributed by atoms with Crippen molar-refractivity contribution in [3.63, 3.8) is 0 Å². The van der Waals surface area contributed by atoms with Gasteiger partial charge in [0.05, 0.1) is 22.3 Å². The molecular weight excluding hydrogens is 636 g/mol. The number of primary amides is 1. The Morgan fingerprint density at radius 2 is 1.02 bits per heavy atom. The Morgan fingerprint density at radius 3 is 1.43 bits per heavy atom. The van der Waals surface area contributed by atoms with Gasteiger partial charge < -0.3 is 29.4 Å². The molecule has 1 aliphatic rings. The number of ether oxygens (including phenoxy) is 5. The van der Waals surface area contributed by atoms with Crippen molar-refractivity contribution in [1.82, 2.24) is 0 Å². The van der Waals surface area contributed by atoms with Gasteiger partial charge in [0.25, 0.3) is 11.6 Å². The van der Waals surface area contributed by atoms with Gasteiger partial charge in [-0.05, 0) is 59.2 Å². The van der Waals surface area contributed by atoms with Gasteiger partial charge in [0.15, 0.2) is 18.3 Å². The van der Waals surface area contributed by atoms with Gasteiger partial charge in [0.2, 0.25) is 0 Å². The summed E-state index contributed by atoms with van der Waals surface area (Å²) in [5.74, 6) is -5.30. The zero-order chi connectivity index (χ0) is 34.8. The molecule has 0 bridgehead atoms. The molecule has 248 valence electrons. The maximum atomic E-state index is 13.6. The monoisotopic (exact) mass is 664 g/mol. The molecule has 0 unspecified atom stereocenters. The fourth-order valence-corrected chi connectivity index (χ4v) is 5.02. The van der Waals surface area contributed by atoms with Gasteiger partial charge in [-0.3, -0.25) is 4.79 Å². The number of carbonyl (C=O) groups excluding carboxylic acids is 5. The molecule has 4 aromatic rings. The van der Waals surface area contributed by atoms with Gasteiger partial charge in [-0.25, -0.2) is 19.2 Å². The normalized spacial score (nSPS) is 21.2. The molecule has 1 fully saturated rings. The lowest BCUT2D eigenvalue weighted by molar-refractivity contribution is -0.261. The number of esters is 4. The van der Waals surface area contributed by atoms with E-state index in [1.54, 1.807) is 60.7 Å². The molecule has 5 atom stereocenters. The highest BCUT2D eigenvalue weighted by Crippen LogP contribution is 2.38. The number of amides is 1. The highest BCUT2D eigenvalue weighted by atomic mass is 16.7. The Bertz CT molecular complexity index is 1850. The van der Waals surface area contributed by atoms with Crippen molar-refractivity contribution in [3.05, 3.63) is 154 Å². The zero-order valence-electron chi connectivity index (χ0n) is 25.6. The fourth-order valence-electron chi connectivity index (χ4n) is 5.02. The molecule has 0 aromatic heterocycles. The van der Waals surface area contributed by atoms with Gasteiger partial charge in [-0.15, -0.1) is 0 Å². The average Bonchev–Trinajstić information content (AvgIpc) is 3.14. The van der Waals surface area contributed by atoms with Crippen LogP contribution in [0.1, 0.15) is 41.4 Å². The van der Waals surface area contributed by atoms with E-state index in [1.165, 1.54) is 60.7 Å². The molecule has 0 spiro atoms. The largest absolute Gasteiger partial charge is 0.459 e. The maximum absolute atomic E-state index is 13.6. The number of nitrogens with zero attached hydrogens (tertiary/aromatic N) is 3. The Morgan fingerprint density at radius 1 is 0.633 bits per heavy atom. The van der Waals surface area contributed by atoms with E-state index in [2.05, 4.69) is 10.0 Å². The van der Waals surface area contributed by atoms with Crippen LogP contribution in [-0.2, 0) is 28.5 Å². The minimum absolute atomic E-state index is 0.00770. The van der Waals surface area contributed by atoms with Gasteiger partial charge in [-0.2, -0.15) is 0 Å². The topological polar surface area (TPSA) is 206 Å². The third-order valence-electron chi connectivity index (χ3n) is 7.39. The number of rotatable bonds is 11. The molecule has 1 saturated heterocycles. The SMILES string of the molecule is [N-]=[N+]=N[C@]1(C(N)=O)O[C@H](COC(=O)c2ccccc2)[C@@H](OC(=O)c2ccccc2)[C@H](OC(=O)c2ccccc2)[C@H]1OC(=O)c1ccccc1. The van der Waals surface area contributed by atoms with Crippen molar-refractivity contribution in [2.75, 3.05) is 6.61 Å². The molecule has 1 amide bonds. The molecular formula is C35H28N4O10. The van der Waals surface area contributed by atoms with Crippen LogP contribution in [0, 0.1) is 0 Å². The second-order valence-electron chi connectivity index (χ2n) is 10.5. The predicted molar refractivity (Wildman–Crippen MR) is 170 cm³/mol. The van der Waals surface area contributed by atoms with Crippen LogP contribution in [0.2, 0.25) is 0 Å². The van der Waals surface area contributed by atoms with Crippen LogP contribution in [0.15, 0.2) is 126 Å². The molecule has 1 aliphatic heterocycles. The molecule has 0 radical (unpaired) electrons. The highest BCUT2D eigenvalue weighted by Gasteiger charge is 2.63. The molecule has 14 heteroatoms. The van der Waals surface area contributed by atoms with Crippen LogP contribution in [0.3, 0.4) is 0 Å². The number of benzene rings is 4. The first-order valence-electron chi connectivity index (χ1n) is 14.8. The van der Waals surface area contributed by atoms with Crippen molar-refractivity contribution in [3.8, 4) is 0 Å². The lowest BCUT2D eigenvalue weighted by atomic mass is 9.89. The van der Waals surface area contributed by atoms with Crippen molar-refractivity contribution < 1.29 is 47.7 Å². The van der Waals surface area contributed by atoms with Gasteiger partial charge in [0, 0.05) is 4.91 Å². The summed E-state index contributed by atoms with van der Waals surface area (Å²) in [6, 6.07) is 30.7. The van der Waals surface area contributed by atoms with Crippen LogP contribution in [0.5, 0.6) is 0 Å². The summed E-state index contributed by atoms with van der Waals surface area (Å²) in [4.78, 5) is 69.4. The molecule has 1 heterocycles. The second-order valence-corrected chi connectivity index (χ2v) is 10.5. The van der Waals surface area contributed by atoms with E-state index in [9.17, 15) is 29.5 Å². The van der Waals surface area contributed by atoms with Crippen LogP contribution < -0.4 is 5.73 Å². The van der Waals surface area contributed by atoms with Crippen LogP contribution in [0.25, 0.3) is 10.4 Å². The number of hydrogen-bond acceptors (Lipinski definition) is 11. The zero-order valence-corrected chi connectivity index (χ0v) is 25.6. The Balaban J connectivity index is 1.63. The summed E-state index contributed by atoms with van der Waals surface area (Å²) in [7, 11) is 0. The first-order valence-corrected chi connectivity index (χ1v) is 14.8. The van der Waals surface area contributed by atoms with Gasteiger partial charge in [-0.1, -0.05) is 72.8 Å². The summed E-state index contributed by atoms with van der Waals surface area (Å²) >= 11 is 0. The molecule has 2 N–H and O–H groups in total. The van der Waals surface area contributed by atoms with Crippen LogP contribution in [0.4, 0.5) is 0 Å². The van der Waals surface area contributed by atoms with E-state index in [0.717, 1.165) is 0 Å². The quantitative estimate of drug-likeness (QED) is 0.0785. The molecule has 4 aromatic carbocycles. The molecule has 49 heavy (non-hydrogen) atoms. The number of carbonyl (C=O) groups is 5. The van der Waals surface area contributed by atoms with Crippen LogP contribution >= 0.6 is 0 Å². The molecule has 0 saturated carbocycles. The highest BCUT2D eigenvalue weighted by molar-refractivity contribution is 5.93. The summed E-state index contributed by atoms with van der Waals surface area (Å²) in [6.07, 6.45) is -7.49. The summed E-state index contributed by atoms with van der Waals surface area (Å²) in [5.41, 5.74) is 12.7. The predicted octanol–water partition coefficient (Wildman–Crippen LogP) is 4.41. The van der Waals surface area contributed by atoms with Crippen molar-refractivity contribution in [1.29, 1.82) is 0 Å². The van der Waals surface area contributed by atoms with E-state index >= 15 is 0 Å². The lowest BCUT2D eigenvalue weighted by Gasteiger charge is -2.47. The standard InChI is InChI=1S/C35H28N4O10/c36-34(44)35(38-39-37)29(48-33(43)25-19-11-4-12-20-25)28(47-32(42)24-17-9-3-10-18-24)27(46-31(41)23-15-7-2-8-16-23)26(49-35)21-45-30(40)22-13-5-1-6-14-22/h1-20,26-29H,21H2,(H2,36,44)/t26-,27-,28+,29-,35+/m1/s1. The number of azide groups is 1. The molecule has 5 rings (SSSR count). The fraction of sp³-hybridized carbons (Fsp3) is 0.171. The minimum Gasteiger partial charge on any atom is -0.459 e. The lowest BCUT2D eigenvalue weighted by Crippen LogP contribution is -2.71. The smallest absolute Gasteiger partial charge is 0.338 e. The molecule has 14 nitrogen and oxygen atoms in total. The Hall–Kier alpha value is -6.50. The van der Waals surface area contributed by atoms with E-state index in [-0.39, 0.29) is 22.3 Å².